The summed E-state index contributed by atoms with van der Waals surface area (Å²) >= 11 is 0. The monoisotopic (exact) mass is 477 g/mol. The molecule has 3 aliphatic rings. The predicted molar refractivity (Wildman–Crippen MR) is 128 cm³/mol. The molecule has 34 heavy (non-hydrogen) atoms. The van der Waals surface area contributed by atoms with Crippen molar-refractivity contribution in [2.75, 3.05) is 36.0 Å². The summed E-state index contributed by atoms with van der Waals surface area (Å²) in [5.41, 5.74) is 10.8. The van der Waals surface area contributed by atoms with Gasteiger partial charge in [0.2, 0.25) is 11.9 Å². The van der Waals surface area contributed by atoms with E-state index in [2.05, 4.69) is 9.98 Å². The first-order chi connectivity index (χ1) is 16.0. The fraction of sp³-hybridized carbons (Fsp3) is 0.609. The average Bonchev–Trinajstić information content (AvgIpc) is 2.72. The second-order valence-corrected chi connectivity index (χ2v) is 10.0. The lowest BCUT2D eigenvalue weighted by molar-refractivity contribution is 0.0240. The quantitative estimate of drug-likeness (QED) is 0.677. The molecule has 1 saturated carbocycles. The number of benzene rings is 1. The van der Waals surface area contributed by atoms with Crippen molar-refractivity contribution in [2.45, 2.75) is 64.1 Å². The molecule has 2 heterocycles. The van der Waals surface area contributed by atoms with E-state index in [1.54, 1.807) is 35.5 Å². The number of aliphatic imine (C=N–C) groups is 2. The number of hydrogen-bond donors (Lipinski definition) is 2. The van der Waals surface area contributed by atoms with Gasteiger partial charge in [0.25, 0.3) is 0 Å². The van der Waals surface area contributed by atoms with E-state index in [1.807, 2.05) is 0 Å². The number of carbonyl (C=O) groups excluding carboxylic acids is 1. The number of ether oxygens (including phenoxy) is 1. The summed E-state index contributed by atoms with van der Waals surface area (Å²) in [6, 6.07) is 2.54. The van der Waals surface area contributed by atoms with Crippen LogP contribution >= 0.6 is 0 Å². The lowest BCUT2D eigenvalue weighted by Crippen LogP contribution is -2.58. The minimum absolute atomic E-state index is 0.0759. The number of carbonyl (C=O) groups is 1. The molecule has 0 unspecified atom stereocenters. The highest BCUT2D eigenvalue weighted by Gasteiger charge is 2.43. The first kappa shape index (κ1) is 24.0. The second kappa shape index (κ2) is 8.92. The largest absolute Gasteiger partial charge is 0.444 e. The molecular formula is C23H33F2N7O2. The minimum Gasteiger partial charge on any atom is -0.444 e. The van der Waals surface area contributed by atoms with Crippen molar-refractivity contribution in [3.63, 3.8) is 0 Å². The number of nitrogens with two attached hydrogens (primary N) is 2. The van der Waals surface area contributed by atoms with E-state index in [4.69, 9.17) is 16.2 Å². The standard InChI is InChI=1S/C23H33F2N7O2/c1-22(2,3)34-21(33)31-11-9-30(10-12-31)18-16(24)13-15(14-17(18)25)32-20(27)28-19(26)29-23(32)7-5-4-6-8-23/h13-14H,4-12H2,1-3H3,(H4,26,27,28,29). The van der Waals surface area contributed by atoms with Gasteiger partial charge in [0.15, 0.2) is 11.6 Å². The van der Waals surface area contributed by atoms with Gasteiger partial charge >= 0.3 is 6.09 Å². The fourth-order valence-electron chi connectivity index (χ4n) is 4.92. The van der Waals surface area contributed by atoms with Crippen LogP contribution in [-0.2, 0) is 4.74 Å². The van der Waals surface area contributed by atoms with Crippen molar-refractivity contribution in [2.24, 2.45) is 21.5 Å². The molecule has 1 amide bonds. The van der Waals surface area contributed by atoms with Crippen LogP contribution in [0.3, 0.4) is 0 Å². The van der Waals surface area contributed by atoms with Crippen molar-refractivity contribution < 1.29 is 18.3 Å². The van der Waals surface area contributed by atoms with Gasteiger partial charge in [0.1, 0.15) is 17.0 Å². The lowest BCUT2D eigenvalue weighted by atomic mass is 9.87. The number of piperazine rings is 1. The van der Waals surface area contributed by atoms with Crippen LogP contribution in [0.2, 0.25) is 0 Å². The Morgan fingerprint density at radius 2 is 1.62 bits per heavy atom. The third-order valence-electron chi connectivity index (χ3n) is 6.36. The average molecular weight is 478 g/mol. The maximum Gasteiger partial charge on any atom is 0.410 e. The van der Waals surface area contributed by atoms with Gasteiger partial charge in [-0.15, -0.1) is 0 Å². The summed E-state index contributed by atoms with van der Waals surface area (Å²) in [5.74, 6) is -1.26. The van der Waals surface area contributed by atoms with Crippen molar-refractivity contribution in [3.8, 4) is 0 Å². The van der Waals surface area contributed by atoms with Gasteiger partial charge in [-0.1, -0.05) is 6.42 Å². The van der Waals surface area contributed by atoms with Gasteiger partial charge in [-0.25, -0.2) is 18.6 Å². The maximum absolute atomic E-state index is 15.3. The molecule has 1 aromatic carbocycles. The second-order valence-electron chi connectivity index (χ2n) is 10.0. The summed E-state index contributed by atoms with van der Waals surface area (Å²) in [7, 11) is 0. The summed E-state index contributed by atoms with van der Waals surface area (Å²) < 4.78 is 36.1. The molecule has 2 fully saturated rings. The Hall–Kier alpha value is -3.11. The van der Waals surface area contributed by atoms with Crippen molar-refractivity contribution in [3.05, 3.63) is 23.8 Å². The minimum atomic E-state index is -0.784. The van der Waals surface area contributed by atoms with Crippen molar-refractivity contribution in [1.82, 2.24) is 4.90 Å². The van der Waals surface area contributed by atoms with Crippen LogP contribution in [-0.4, -0.2) is 60.4 Å². The Morgan fingerprint density at radius 3 is 2.18 bits per heavy atom. The summed E-state index contributed by atoms with van der Waals surface area (Å²) in [4.78, 5) is 25.7. The van der Waals surface area contributed by atoms with Gasteiger partial charge < -0.3 is 26.0 Å². The Labute approximate surface area is 198 Å². The molecule has 0 bridgehead atoms. The van der Waals surface area contributed by atoms with Crippen molar-refractivity contribution in [1.29, 1.82) is 0 Å². The summed E-state index contributed by atoms with van der Waals surface area (Å²) in [6.45, 7) is 6.56. The van der Waals surface area contributed by atoms with Crippen LogP contribution in [0, 0.1) is 11.6 Å². The molecular weight excluding hydrogens is 444 g/mol. The third-order valence-corrected chi connectivity index (χ3v) is 6.36. The molecule has 1 aliphatic carbocycles. The molecule has 0 radical (unpaired) electrons. The van der Waals surface area contributed by atoms with Crippen LogP contribution < -0.4 is 21.3 Å². The van der Waals surface area contributed by atoms with Crippen LogP contribution in [0.1, 0.15) is 52.9 Å². The Morgan fingerprint density at radius 1 is 1.03 bits per heavy atom. The zero-order chi connectivity index (χ0) is 24.7. The summed E-state index contributed by atoms with van der Waals surface area (Å²) in [5, 5.41) is 0. The van der Waals surface area contributed by atoms with E-state index >= 15 is 8.78 Å². The number of amides is 1. The van der Waals surface area contributed by atoms with E-state index in [-0.39, 0.29) is 36.4 Å². The molecule has 4 rings (SSSR count). The Kier molecular flexibility index (Phi) is 6.30. The molecule has 0 aromatic heterocycles. The van der Waals surface area contributed by atoms with Gasteiger partial charge in [0.05, 0.1) is 5.69 Å². The number of anilines is 2. The first-order valence-corrected chi connectivity index (χ1v) is 11.7. The predicted octanol–water partition coefficient (Wildman–Crippen LogP) is 3.13. The molecule has 1 aromatic rings. The van der Waals surface area contributed by atoms with Crippen molar-refractivity contribution >= 4 is 29.4 Å². The molecule has 186 valence electrons. The first-order valence-electron chi connectivity index (χ1n) is 11.7. The van der Waals surface area contributed by atoms with Crippen LogP contribution in [0.5, 0.6) is 0 Å². The molecule has 0 atom stereocenters. The fourth-order valence-corrected chi connectivity index (χ4v) is 4.92. The van der Waals surface area contributed by atoms with Crippen LogP contribution in [0.15, 0.2) is 22.1 Å². The maximum atomic E-state index is 15.3. The number of nitrogens with zero attached hydrogens (tertiary/aromatic N) is 5. The zero-order valence-corrected chi connectivity index (χ0v) is 20.0. The molecule has 2 aliphatic heterocycles. The van der Waals surface area contributed by atoms with Crippen LogP contribution in [0.4, 0.5) is 25.0 Å². The summed E-state index contributed by atoms with van der Waals surface area (Å²) in [6.07, 6.45) is 3.78. The third kappa shape index (κ3) is 4.74. The van der Waals surface area contributed by atoms with Gasteiger partial charge in [-0.05, 0) is 46.5 Å². The van der Waals surface area contributed by atoms with E-state index < -0.39 is 29.0 Å². The Bertz CT molecular complexity index is 984. The number of halogens is 2. The van der Waals surface area contributed by atoms with E-state index in [0.29, 0.717) is 25.9 Å². The smallest absolute Gasteiger partial charge is 0.410 e. The van der Waals surface area contributed by atoms with Crippen LogP contribution in [0.25, 0.3) is 0 Å². The Balaban J connectivity index is 1.55. The molecule has 9 nitrogen and oxygen atoms in total. The number of guanidine groups is 2. The van der Waals surface area contributed by atoms with E-state index in [0.717, 1.165) is 19.3 Å². The van der Waals surface area contributed by atoms with Gasteiger partial charge in [-0.3, -0.25) is 4.90 Å². The topological polar surface area (TPSA) is 113 Å². The van der Waals surface area contributed by atoms with E-state index in [9.17, 15) is 4.79 Å². The van der Waals surface area contributed by atoms with Gasteiger partial charge in [0, 0.05) is 38.3 Å². The molecule has 11 heteroatoms. The van der Waals surface area contributed by atoms with E-state index in [1.165, 1.54) is 12.1 Å². The molecule has 1 spiro atoms. The highest BCUT2D eigenvalue weighted by molar-refractivity contribution is 6.05. The zero-order valence-electron chi connectivity index (χ0n) is 20.0. The SMILES string of the molecule is CC(C)(C)OC(=O)N1CCN(c2c(F)cc(N3C(N)=NC(N)=NC34CCCCC4)cc2F)CC1. The normalized spacial score (nSPS) is 20.8. The number of rotatable bonds is 2. The molecule has 1 saturated heterocycles. The number of hydrogen-bond acceptors (Lipinski definition) is 8. The highest BCUT2D eigenvalue weighted by Crippen LogP contribution is 2.41. The van der Waals surface area contributed by atoms with Gasteiger partial charge in [-0.2, -0.15) is 4.99 Å². The highest BCUT2D eigenvalue weighted by atomic mass is 19.1. The lowest BCUT2D eigenvalue weighted by Gasteiger charge is -2.45. The molecule has 4 N–H and O–H groups in total.